The van der Waals surface area contributed by atoms with E-state index in [1.54, 1.807) is 24.1 Å². The lowest BCUT2D eigenvalue weighted by molar-refractivity contribution is -0.146. The van der Waals surface area contributed by atoms with Crippen molar-refractivity contribution in [2.24, 2.45) is 5.92 Å². The van der Waals surface area contributed by atoms with E-state index in [9.17, 15) is 9.59 Å². The zero-order valence-corrected chi connectivity index (χ0v) is 13.6. The third-order valence-corrected chi connectivity index (χ3v) is 4.06. The van der Waals surface area contributed by atoms with Gasteiger partial charge >= 0.3 is 5.97 Å². The Bertz CT molecular complexity index is 552. The molecule has 1 amide bonds. The largest absolute Gasteiger partial charge is 0.480 e. The first kappa shape index (κ1) is 17.5. The van der Waals surface area contributed by atoms with Gasteiger partial charge in [-0.1, -0.05) is 11.6 Å². The number of carboxylic acids is 1. The number of carbonyl (C=O) groups is 2. The zero-order valence-electron chi connectivity index (χ0n) is 12.9. The SMILES string of the molecule is CN1CC(C(=O)NCCOc2ccc(Cl)cn2)CCC1C(=O)O. The van der Waals surface area contributed by atoms with E-state index in [1.165, 1.54) is 6.20 Å². The van der Waals surface area contributed by atoms with E-state index in [2.05, 4.69) is 10.3 Å². The Kier molecular flexibility index (Phi) is 6.18. The molecule has 1 fully saturated rings. The smallest absolute Gasteiger partial charge is 0.320 e. The number of likely N-dealkylation sites (tertiary alicyclic amines) is 1. The molecule has 0 saturated carbocycles. The number of rotatable bonds is 6. The van der Waals surface area contributed by atoms with Crippen LogP contribution in [0.25, 0.3) is 0 Å². The molecular formula is C15H20ClN3O4. The Morgan fingerprint density at radius 3 is 2.87 bits per heavy atom. The highest BCUT2D eigenvalue weighted by atomic mass is 35.5. The van der Waals surface area contributed by atoms with Gasteiger partial charge in [-0.05, 0) is 26.0 Å². The first-order valence-corrected chi connectivity index (χ1v) is 7.80. The van der Waals surface area contributed by atoms with Crippen LogP contribution in [0, 0.1) is 5.92 Å². The molecule has 0 aromatic carbocycles. The van der Waals surface area contributed by atoms with Crippen LogP contribution in [0.1, 0.15) is 12.8 Å². The summed E-state index contributed by atoms with van der Waals surface area (Å²) < 4.78 is 5.40. The summed E-state index contributed by atoms with van der Waals surface area (Å²) in [5.41, 5.74) is 0. The van der Waals surface area contributed by atoms with E-state index in [0.717, 1.165) is 0 Å². The molecule has 1 aromatic rings. The molecule has 2 unspecified atom stereocenters. The summed E-state index contributed by atoms with van der Waals surface area (Å²) in [6.07, 6.45) is 2.55. The maximum Gasteiger partial charge on any atom is 0.320 e. The fraction of sp³-hybridized carbons (Fsp3) is 0.533. The van der Waals surface area contributed by atoms with Gasteiger partial charge in [0.25, 0.3) is 0 Å². The lowest BCUT2D eigenvalue weighted by atomic mass is 9.92. The lowest BCUT2D eigenvalue weighted by Crippen LogP contribution is -2.49. The molecule has 2 heterocycles. The number of hydrogen-bond acceptors (Lipinski definition) is 5. The molecule has 2 rings (SSSR count). The van der Waals surface area contributed by atoms with Crippen molar-refractivity contribution in [2.75, 3.05) is 26.7 Å². The van der Waals surface area contributed by atoms with E-state index < -0.39 is 12.0 Å². The molecule has 1 saturated heterocycles. The standard InChI is InChI=1S/C15H20ClN3O4/c1-19-9-10(2-4-12(19)15(21)22)14(20)17-6-7-23-13-5-3-11(16)8-18-13/h3,5,8,10,12H,2,4,6-7,9H2,1H3,(H,17,20)(H,21,22). The minimum atomic E-state index is -0.838. The Balaban J connectivity index is 1.69. The molecule has 0 bridgehead atoms. The van der Waals surface area contributed by atoms with Crippen molar-refractivity contribution in [3.05, 3.63) is 23.4 Å². The summed E-state index contributed by atoms with van der Waals surface area (Å²) in [6, 6.07) is 2.84. The number of aromatic nitrogens is 1. The van der Waals surface area contributed by atoms with Crippen molar-refractivity contribution in [1.29, 1.82) is 0 Å². The molecule has 8 heteroatoms. The fourth-order valence-electron chi connectivity index (χ4n) is 2.59. The van der Waals surface area contributed by atoms with Crippen LogP contribution in [0.3, 0.4) is 0 Å². The van der Waals surface area contributed by atoms with Crippen LogP contribution in [0.15, 0.2) is 18.3 Å². The maximum atomic E-state index is 12.1. The molecule has 1 aliphatic rings. The molecule has 2 atom stereocenters. The summed E-state index contributed by atoms with van der Waals surface area (Å²) in [5, 5.41) is 12.4. The van der Waals surface area contributed by atoms with Gasteiger partial charge in [-0.2, -0.15) is 0 Å². The average Bonchev–Trinajstić information content (AvgIpc) is 2.52. The molecule has 2 N–H and O–H groups in total. The first-order valence-electron chi connectivity index (χ1n) is 7.42. The van der Waals surface area contributed by atoms with Gasteiger partial charge in [-0.15, -0.1) is 0 Å². The number of hydrogen-bond donors (Lipinski definition) is 2. The number of amides is 1. The highest BCUT2D eigenvalue weighted by Gasteiger charge is 2.33. The van der Waals surface area contributed by atoms with Crippen LogP contribution >= 0.6 is 11.6 Å². The van der Waals surface area contributed by atoms with E-state index in [-0.39, 0.29) is 11.8 Å². The number of nitrogens with one attached hydrogen (secondary N) is 1. The summed E-state index contributed by atoms with van der Waals surface area (Å²) >= 11 is 5.73. The van der Waals surface area contributed by atoms with Gasteiger partial charge in [0, 0.05) is 18.8 Å². The van der Waals surface area contributed by atoms with Crippen LogP contribution in [-0.2, 0) is 9.59 Å². The van der Waals surface area contributed by atoms with E-state index in [0.29, 0.717) is 43.4 Å². The maximum absolute atomic E-state index is 12.1. The van der Waals surface area contributed by atoms with Crippen molar-refractivity contribution >= 4 is 23.5 Å². The fourth-order valence-corrected chi connectivity index (χ4v) is 2.71. The summed E-state index contributed by atoms with van der Waals surface area (Å²) in [7, 11) is 1.73. The van der Waals surface area contributed by atoms with Gasteiger partial charge in [0.15, 0.2) is 0 Å². The van der Waals surface area contributed by atoms with E-state index >= 15 is 0 Å². The Hall–Kier alpha value is -1.86. The number of carboxylic acid groups (broad SMARTS) is 1. The van der Waals surface area contributed by atoms with Crippen LogP contribution in [0.2, 0.25) is 5.02 Å². The molecule has 1 aromatic heterocycles. The number of likely N-dealkylation sites (N-methyl/N-ethyl adjacent to an activating group) is 1. The van der Waals surface area contributed by atoms with Crippen molar-refractivity contribution in [3.63, 3.8) is 0 Å². The number of carbonyl (C=O) groups excluding carboxylic acids is 1. The molecular weight excluding hydrogens is 322 g/mol. The average molecular weight is 342 g/mol. The Labute approximate surface area is 139 Å². The van der Waals surface area contributed by atoms with Gasteiger partial charge in [0.05, 0.1) is 17.5 Å². The molecule has 23 heavy (non-hydrogen) atoms. The quantitative estimate of drug-likeness (QED) is 0.751. The van der Waals surface area contributed by atoms with Gasteiger partial charge in [0.2, 0.25) is 11.8 Å². The van der Waals surface area contributed by atoms with Crippen molar-refractivity contribution in [3.8, 4) is 5.88 Å². The van der Waals surface area contributed by atoms with Gasteiger partial charge in [-0.3, -0.25) is 14.5 Å². The van der Waals surface area contributed by atoms with Crippen LogP contribution in [0.5, 0.6) is 5.88 Å². The molecule has 0 spiro atoms. The lowest BCUT2D eigenvalue weighted by Gasteiger charge is -2.33. The van der Waals surface area contributed by atoms with Crippen LogP contribution in [-0.4, -0.2) is 59.7 Å². The van der Waals surface area contributed by atoms with Crippen LogP contribution < -0.4 is 10.1 Å². The van der Waals surface area contributed by atoms with E-state index in [4.69, 9.17) is 21.4 Å². The van der Waals surface area contributed by atoms with Crippen molar-refractivity contribution < 1.29 is 19.4 Å². The van der Waals surface area contributed by atoms with Crippen molar-refractivity contribution in [2.45, 2.75) is 18.9 Å². The molecule has 0 aliphatic carbocycles. The van der Waals surface area contributed by atoms with Gasteiger partial charge < -0.3 is 15.2 Å². The van der Waals surface area contributed by atoms with Gasteiger partial charge in [0.1, 0.15) is 12.6 Å². The number of halogens is 1. The summed E-state index contributed by atoms with van der Waals surface area (Å²) in [6.45, 7) is 1.12. The molecule has 7 nitrogen and oxygen atoms in total. The van der Waals surface area contributed by atoms with E-state index in [1.807, 2.05) is 0 Å². The normalized spacial score (nSPS) is 21.7. The Morgan fingerprint density at radius 1 is 1.48 bits per heavy atom. The number of nitrogens with zero attached hydrogens (tertiary/aromatic N) is 2. The zero-order chi connectivity index (χ0) is 16.8. The molecule has 0 radical (unpaired) electrons. The topological polar surface area (TPSA) is 91.8 Å². The monoisotopic (exact) mass is 341 g/mol. The minimum Gasteiger partial charge on any atom is -0.480 e. The predicted octanol–water partition coefficient (Wildman–Crippen LogP) is 1.02. The second kappa shape index (κ2) is 8.12. The molecule has 126 valence electrons. The second-order valence-electron chi connectivity index (χ2n) is 5.52. The minimum absolute atomic E-state index is 0.0756. The number of piperidine rings is 1. The first-order chi connectivity index (χ1) is 11.0. The highest BCUT2D eigenvalue weighted by Crippen LogP contribution is 2.21. The number of ether oxygens (including phenoxy) is 1. The van der Waals surface area contributed by atoms with Crippen molar-refractivity contribution in [1.82, 2.24) is 15.2 Å². The number of pyridine rings is 1. The third-order valence-electron chi connectivity index (χ3n) is 3.84. The summed E-state index contributed by atoms with van der Waals surface area (Å²) in [5.74, 6) is -0.654. The third kappa shape index (κ3) is 5.07. The highest BCUT2D eigenvalue weighted by molar-refractivity contribution is 6.30. The molecule has 1 aliphatic heterocycles. The van der Waals surface area contributed by atoms with Crippen LogP contribution in [0.4, 0.5) is 0 Å². The summed E-state index contributed by atoms with van der Waals surface area (Å²) in [4.78, 5) is 28.8. The predicted molar refractivity (Wildman–Crippen MR) is 84.5 cm³/mol. The Morgan fingerprint density at radius 2 is 2.26 bits per heavy atom. The van der Waals surface area contributed by atoms with Gasteiger partial charge in [-0.25, -0.2) is 4.98 Å². The second-order valence-corrected chi connectivity index (χ2v) is 5.96. The number of aliphatic carboxylic acids is 1.